The smallest absolute Gasteiger partial charge is 0.224 e. The Kier molecular flexibility index (Phi) is 3.93. The molecule has 2 atom stereocenters. The van der Waals surface area contributed by atoms with Gasteiger partial charge >= 0.3 is 0 Å². The summed E-state index contributed by atoms with van der Waals surface area (Å²) in [5.41, 5.74) is 3.15. The maximum atomic E-state index is 12.2. The molecule has 0 unspecified atom stereocenters. The van der Waals surface area contributed by atoms with Gasteiger partial charge in [0.15, 0.2) is 5.82 Å². The third-order valence-corrected chi connectivity index (χ3v) is 4.54. The molecular formula is C15H22N6O2. The van der Waals surface area contributed by atoms with Gasteiger partial charge in [0.05, 0.1) is 18.3 Å². The Bertz CT molecular complexity index is 734. The molecule has 1 amide bonds. The van der Waals surface area contributed by atoms with Gasteiger partial charge in [-0.05, 0) is 13.8 Å². The molecule has 1 fully saturated rings. The van der Waals surface area contributed by atoms with Gasteiger partial charge in [-0.2, -0.15) is 10.1 Å². The second-order valence-electron chi connectivity index (χ2n) is 6.08. The van der Waals surface area contributed by atoms with Crippen LogP contribution in [0.1, 0.15) is 41.1 Å². The topological polar surface area (TPSA) is 89.1 Å². The minimum atomic E-state index is -0.0378. The van der Waals surface area contributed by atoms with Crippen LogP contribution in [0.15, 0.2) is 4.52 Å². The van der Waals surface area contributed by atoms with Crippen LogP contribution in [0.25, 0.3) is 0 Å². The highest BCUT2D eigenvalue weighted by molar-refractivity contribution is 5.80. The normalized spacial score (nSPS) is 21.4. The van der Waals surface area contributed by atoms with Crippen molar-refractivity contribution in [3.8, 4) is 0 Å². The van der Waals surface area contributed by atoms with Crippen molar-refractivity contribution < 1.29 is 9.32 Å². The Morgan fingerprint density at radius 1 is 1.30 bits per heavy atom. The number of aromatic nitrogens is 4. The van der Waals surface area contributed by atoms with Gasteiger partial charge in [0, 0.05) is 44.7 Å². The number of aryl methyl sites for hydroxylation is 3. The van der Waals surface area contributed by atoms with E-state index in [0.717, 1.165) is 17.0 Å². The lowest BCUT2D eigenvalue weighted by atomic mass is 9.98. The van der Waals surface area contributed by atoms with E-state index in [0.29, 0.717) is 24.7 Å². The number of likely N-dealkylation sites (tertiary alicyclic amines) is 1. The highest BCUT2D eigenvalue weighted by Crippen LogP contribution is 2.35. The van der Waals surface area contributed by atoms with Crippen molar-refractivity contribution in [1.29, 1.82) is 0 Å². The average molecular weight is 318 g/mol. The third kappa shape index (κ3) is 2.74. The molecule has 8 nitrogen and oxygen atoms in total. The first-order valence-corrected chi connectivity index (χ1v) is 7.66. The molecule has 1 aliphatic heterocycles. The fourth-order valence-corrected chi connectivity index (χ4v) is 3.30. The van der Waals surface area contributed by atoms with Crippen LogP contribution in [0.2, 0.25) is 0 Å². The minimum Gasteiger partial charge on any atom is -0.340 e. The standard InChI is InChI=1S/C15H22N6O2/c1-8-14(9(2)21(5)18-8)15-11(6-13(22)20(15)4)16-7-12-17-10(3)23-19-12/h11,15-16H,6-7H2,1-5H3/t11-,15-/m1/s1. The predicted molar refractivity (Wildman–Crippen MR) is 82.5 cm³/mol. The van der Waals surface area contributed by atoms with Gasteiger partial charge in [-0.15, -0.1) is 0 Å². The van der Waals surface area contributed by atoms with Gasteiger partial charge in [-0.1, -0.05) is 5.16 Å². The summed E-state index contributed by atoms with van der Waals surface area (Å²) in [7, 11) is 3.77. The SMILES string of the molecule is Cc1nc(CN[C@@H]2CC(=O)N(C)[C@H]2c2c(C)nn(C)c2C)no1. The Morgan fingerprint density at radius 3 is 2.61 bits per heavy atom. The lowest BCUT2D eigenvalue weighted by Crippen LogP contribution is -2.35. The number of rotatable bonds is 4. The minimum absolute atomic E-state index is 0.00657. The van der Waals surface area contributed by atoms with E-state index in [-0.39, 0.29) is 18.0 Å². The Morgan fingerprint density at radius 2 is 2.04 bits per heavy atom. The highest BCUT2D eigenvalue weighted by atomic mass is 16.5. The lowest BCUT2D eigenvalue weighted by molar-refractivity contribution is -0.127. The maximum Gasteiger partial charge on any atom is 0.224 e. The number of likely N-dealkylation sites (N-methyl/N-ethyl adjacent to an activating group) is 1. The lowest BCUT2D eigenvalue weighted by Gasteiger charge is -2.26. The predicted octanol–water partition coefficient (Wildman–Crippen LogP) is 0.790. The molecule has 2 aromatic rings. The summed E-state index contributed by atoms with van der Waals surface area (Å²) in [6.45, 7) is 6.25. The van der Waals surface area contributed by atoms with Crippen LogP contribution >= 0.6 is 0 Å². The summed E-state index contributed by atoms with van der Waals surface area (Å²) in [5, 5.41) is 11.8. The molecule has 1 N–H and O–H groups in total. The molecule has 0 bridgehead atoms. The van der Waals surface area contributed by atoms with E-state index in [1.165, 1.54) is 0 Å². The largest absolute Gasteiger partial charge is 0.340 e. The fourth-order valence-electron chi connectivity index (χ4n) is 3.30. The van der Waals surface area contributed by atoms with Crippen LogP contribution in [0.4, 0.5) is 0 Å². The van der Waals surface area contributed by atoms with Gasteiger partial charge in [-0.3, -0.25) is 9.48 Å². The number of nitrogens with zero attached hydrogens (tertiary/aromatic N) is 5. The van der Waals surface area contributed by atoms with Gasteiger partial charge in [0.25, 0.3) is 0 Å². The van der Waals surface area contributed by atoms with E-state index in [2.05, 4.69) is 20.6 Å². The Hall–Kier alpha value is -2.22. The Balaban J connectivity index is 1.84. The molecule has 0 aliphatic carbocycles. The van der Waals surface area contributed by atoms with E-state index >= 15 is 0 Å². The summed E-state index contributed by atoms with van der Waals surface area (Å²) in [6.07, 6.45) is 0.450. The summed E-state index contributed by atoms with van der Waals surface area (Å²) < 4.78 is 6.85. The van der Waals surface area contributed by atoms with Crippen molar-refractivity contribution in [2.75, 3.05) is 7.05 Å². The summed E-state index contributed by atoms with van der Waals surface area (Å²) >= 11 is 0. The Labute approximate surface area is 134 Å². The first kappa shape index (κ1) is 15.7. The third-order valence-electron chi connectivity index (χ3n) is 4.54. The van der Waals surface area contributed by atoms with E-state index < -0.39 is 0 Å². The van der Waals surface area contributed by atoms with Gasteiger partial charge < -0.3 is 14.7 Å². The van der Waals surface area contributed by atoms with Crippen LogP contribution < -0.4 is 5.32 Å². The molecule has 3 heterocycles. The monoisotopic (exact) mass is 318 g/mol. The van der Waals surface area contributed by atoms with Crippen molar-refractivity contribution >= 4 is 5.91 Å². The van der Waals surface area contributed by atoms with Crippen LogP contribution in [0, 0.1) is 20.8 Å². The van der Waals surface area contributed by atoms with E-state index in [4.69, 9.17) is 4.52 Å². The molecule has 1 aliphatic rings. The molecule has 2 aromatic heterocycles. The second-order valence-corrected chi connectivity index (χ2v) is 6.08. The molecule has 23 heavy (non-hydrogen) atoms. The number of carbonyl (C=O) groups excluding carboxylic acids is 1. The molecule has 0 spiro atoms. The van der Waals surface area contributed by atoms with Crippen molar-refractivity contribution in [3.05, 3.63) is 28.7 Å². The van der Waals surface area contributed by atoms with Gasteiger partial charge in [-0.25, -0.2) is 0 Å². The van der Waals surface area contributed by atoms with Crippen LogP contribution in [-0.2, 0) is 18.4 Å². The molecule has 0 radical (unpaired) electrons. The van der Waals surface area contributed by atoms with E-state index in [1.807, 2.05) is 32.6 Å². The number of nitrogens with one attached hydrogen (secondary N) is 1. The fraction of sp³-hybridized carbons (Fsp3) is 0.600. The summed E-state index contributed by atoms with van der Waals surface area (Å²) in [6, 6.07) is -0.0443. The van der Waals surface area contributed by atoms with Crippen molar-refractivity contribution in [2.45, 2.75) is 45.8 Å². The molecule has 8 heteroatoms. The zero-order valence-corrected chi connectivity index (χ0v) is 14.1. The van der Waals surface area contributed by atoms with Gasteiger partial charge in [0.1, 0.15) is 0 Å². The number of amides is 1. The summed E-state index contributed by atoms with van der Waals surface area (Å²) in [4.78, 5) is 18.2. The van der Waals surface area contributed by atoms with E-state index in [1.54, 1.807) is 11.8 Å². The number of hydrogen-bond acceptors (Lipinski definition) is 6. The van der Waals surface area contributed by atoms with Crippen molar-refractivity contribution in [3.63, 3.8) is 0 Å². The molecule has 0 saturated carbocycles. The first-order valence-electron chi connectivity index (χ1n) is 7.66. The van der Waals surface area contributed by atoms with Crippen LogP contribution in [0.5, 0.6) is 0 Å². The van der Waals surface area contributed by atoms with Crippen molar-refractivity contribution in [2.24, 2.45) is 7.05 Å². The quantitative estimate of drug-likeness (QED) is 0.896. The zero-order chi connectivity index (χ0) is 16.7. The number of carbonyl (C=O) groups is 1. The number of hydrogen-bond donors (Lipinski definition) is 1. The first-order chi connectivity index (χ1) is 10.9. The van der Waals surface area contributed by atoms with Gasteiger partial charge in [0.2, 0.25) is 11.8 Å². The molecule has 3 rings (SSSR count). The molecule has 1 saturated heterocycles. The zero-order valence-electron chi connectivity index (χ0n) is 14.1. The summed E-state index contributed by atoms with van der Waals surface area (Å²) in [5.74, 6) is 1.26. The van der Waals surface area contributed by atoms with Crippen molar-refractivity contribution in [1.82, 2.24) is 30.1 Å². The van der Waals surface area contributed by atoms with E-state index in [9.17, 15) is 4.79 Å². The second kappa shape index (κ2) is 5.77. The molecular weight excluding hydrogens is 296 g/mol. The molecule has 0 aromatic carbocycles. The van der Waals surface area contributed by atoms with Crippen LogP contribution in [0.3, 0.4) is 0 Å². The highest BCUT2D eigenvalue weighted by Gasteiger charge is 2.40. The average Bonchev–Trinajstić information content (AvgIpc) is 3.10. The maximum absolute atomic E-state index is 12.2. The van der Waals surface area contributed by atoms with Crippen LogP contribution in [-0.4, -0.2) is 43.8 Å². The molecule has 124 valence electrons.